The third kappa shape index (κ3) is 18.0. The number of carbonyl (C=O) groups excluding carboxylic acids is 2. The Kier molecular flexibility index (Phi) is 13.9. The van der Waals surface area contributed by atoms with E-state index in [4.69, 9.17) is 4.74 Å². The minimum absolute atomic E-state index is 0.0123. The summed E-state index contributed by atoms with van der Waals surface area (Å²) < 4.78 is 5.64. The van der Waals surface area contributed by atoms with E-state index in [9.17, 15) is 9.59 Å². The van der Waals surface area contributed by atoms with E-state index < -0.39 is 0 Å². The maximum Gasteiger partial charge on any atom is 0.243 e. The van der Waals surface area contributed by atoms with Gasteiger partial charge in [-0.15, -0.1) is 0 Å². The van der Waals surface area contributed by atoms with Gasteiger partial charge in [-0.05, 0) is 64.4 Å². The first-order chi connectivity index (χ1) is 13.1. The Morgan fingerprint density at radius 1 is 0.857 bits per heavy atom. The van der Waals surface area contributed by atoms with Crippen LogP contribution in [0.1, 0.15) is 92.9 Å². The van der Waals surface area contributed by atoms with Gasteiger partial charge in [0.15, 0.2) is 0 Å². The van der Waals surface area contributed by atoms with Crippen LogP contribution in [0.25, 0.3) is 0 Å². The van der Waals surface area contributed by atoms with Gasteiger partial charge in [0.05, 0.1) is 5.60 Å². The summed E-state index contributed by atoms with van der Waals surface area (Å²) in [6.45, 7) is 14.6. The van der Waals surface area contributed by atoms with Crippen molar-refractivity contribution in [2.45, 2.75) is 98.5 Å². The highest BCUT2D eigenvalue weighted by Gasteiger charge is 2.10. The number of allylic oxidation sites excluding steroid dienone is 1. The molecule has 5 nitrogen and oxygen atoms in total. The Bertz CT molecular complexity index is 465. The van der Waals surface area contributed by atoms with Crippen molar-refractivity contribution in [1.82, 2.24) is 10.6 Å². The summed E-state index contributed by atoms with van der Waals surface area (Å²) in [5.41, 5.74) is -0.0320. The minimum Gasteiger partial charge on any atom is -0.376 e. The van der Waals surface area contributed by atoms with Gasteiger partial charge >= 0.3 is 0 Å². The van der Waals surface area contributed by atoms with Crippen LogP contribution in [0.15, 0.2) is 12.2 Å². The van der Waals surface area contributed by atoms with Gasteiger partial charge < -0.3 is 15.4 Å². The molecule has 5 heteroatoms. The van der Waals surface area contributed by atoms with Gasteiger partial charge in [0, 0.05) is 26.1 Å². The lowest BCUT2D eigenvalue weighted by Crippen LogP contribution is -2.24. The highest BCUT2D eigenvalue weighted by molar-refractivity contribution is 5.87. The molecule has 0 unspecified atom stereocenters. The largest absolute Gasteiger partial charge is 0.376 e. The van der Waals surface area contributed by atoms with Crippen molar-refractivity contribution in [3.8, 4) is 0 Å². The van der Waals surface area contributed by atoms with Crippen LogP contribution in [-0.2, 0) is 14.3 Å². The summed E-state index contributed by atoms with van der Waals surface area (Å²) in [6, 6.07) is 0. The molecule has 0 fully saturated rings. The molecule has 0 aromatic carbocycles. The molecule has 0 radical (unpaired) electrons. The second-order valence-corrected chi connectivity index (χ2v) is 9.15. The Morgan fingerprint density at radius 2 is 1.46 bits per heavy atom. The molecule has 0 aliphatic carbocycles. The molecule has 0 aliphatic rings. The molecule has 0 aliphatic heterocycles. The molecule has 0 saturated heterocycles. The quantitative estimate of drug-likeness (QED) is 0.310. The van der Waals surface area contributed by atoms with Gasteiger partial charge in [-0.1, -0.05) is 39.7 Å². The molecule has 164 valence electrons. The van der Waals surface area contributed by atoms with Gasteiger partial charge in [-0.25, -0.2) is 0 Å². The summed E-state index contributed by atoms with van der Waals surface area (Å²) in [6.07, 6.45) is 11.1. The van der Waals surface area contributed by atoms with Crippen molar-refractivity contribution in [2.75, 3.05) is 19.7 Å². The van der Waals surface area contributed by atoms with Gasteiger partial charge in [-0.2, -0.15) is 0 Å². The summed E-state index contributed by atoms with van der Waals surface area (Å²) in [4.78, 5) is 23.5. The Morgan fingerprint density at radius 3 is 2.04 bits per heavy atom. The van der Waals surface area contributed by atoms with Crippen molar-refractivity contribution >= 4 is 11.8 Å². The van der Waals surface area contributed by atoms with Gasteiger partial charge in [0.2, 0.25) is 11.8 Å². The second kappa shape index (κ2) is 14.6. The lowest BCUT2D eigenvalue weighted by Gasteiger charge is -2.19. The molecule has 0 saturated carbocycles. The van der Waals surface area contributed by atoms with Crippen molar-refractivity contribution in [3.05, 3.63) is 12.2 Å². The molecule has 0 spiro atoms. The first-order valence-electron chi connectivity index (χ1n) is 10.9. The smallest absolute Gasteiger partial charge is 0.243 e. The summed E-state index contributed by atoms with van der Waals surface area (Å²) >= 11 is 0. The molecule has 2 N–H and O–H groups in total. The Labute approximate surface area is 173 Å². The molecule has 0 rings (SSSR count). The lowest BCUT2D eigenvalue weighted by molar-refractivity contribution is -0.121. The third-order valence-electron chi connectivity index (χ3n) is 4.66. The van der Waals surface area contributed by atoms with E-state index in [1.807, 2.05) is 26.8 Å². The molecule has 2 amide bonds. The Balaban J connectivity index is 3.50. The number of nitrogens with one attached hydrogen (secondary N) is 2. The SMILES string of the molecule is CCC(C)(C)/C=C/C(=O)NCCCCCCNC(=O)CCCCOC(C)(C)C. The topological polar surface area (TPSA) is 67.4 Å². The van der Waals surface area contributed by atoms with E-state index in [-0.39, 0.29) is 22.8 Å². The fourth-order valence-corrected chi connectivity index (χ4v) is 2.38. The average molecular weight is 397 g/mol. The summed E-state index contributed by atoms with van der Waals surface area (Å²) in [7, 11) is 0. The third-order valence-corrected chi connectivity index (χ3v) is 4.66. The normalized spacial score (nSPS) is 12.4. The zero-order valence-corrected chi connectivity index (χ0v) is 19.2. The van der Waals surface area contributed by atoms with E-state index >= 15 is 0 Å². The Hall–Kier alpha value is -1.36. The van der Waals surface area contributed by atoms with E-state index in [0.29, 0.717) is 19.6 Å². The zero-order valence-electron chi connectivity index (χ0n) is 19.2. The first kappa shape index (κ1) is 26.6. The molecule has 0 aromatic rings. The fraction of sp³-hybridized carbons (Fsp3) is 0.826. The molecular formula is C23H44N2O3. The molecule has 0 aromatic heterocycles. The van der Waals surface area contributed by atoms with Crippen LogP contribution in [0.3, 0.4) is 0 Å². The fourth-order valence-electron chi connectivity index (χ4n) is 2.38. The van der Waals surface area contributed by atoms with Gasteiger partial charge in [0.25, 0.3) is 0 Å². The van der Waals surface area contributed by atoms with Crippen LogP contribution < -0.4 is 10.6 Å². The number of ether oxygens (including phenoxy) is 1. The maximum atomic E-state index is 11.8. The number of hydrogen-bond donors (Lipinski definition) is 2. The number of unbranched alkanes of at least 4 members (excludes halogenated alkanes) is 4. The first-order valence-corrected chi connectivity index (χ1v) is 10.9. The maximum absolute atomic E-state index is 11.8. The van der Waals surface area contributed by atoms with E-state index in [1.165, 1.54) is 0 Å². The average Bonchev–Trinajstić information content (AvgIpc) is 2.61. The van der Waals surface area contributed by atoms with Crippen molar-refractivity contribution in [2.24, 2.45) is 5.41 Å². The molecule has 28 heavy (non-hydrogen) atoms. The predicted octanol–water partition coefficient (Wildman–Crippen LogP) is 4.76. The number of hydrogen-bond acceptors (Lipinski definition) is 3. The second-order valence-electron chi connectivity index (χ2n) is 9.15. The highest BCUT2D eigenvalue weighted by atomic mass is 16.5. The number of rotatable bonds is 15. The minimum atomic E-state index is -0.103. The predicted molar refractivity (Wildman–Crippen MR) is 117 cm³/mol. The van der Waals surface area contributed by atoms with Gasteiger partial charge in [-0.3, -0.25) is 9.59 Å². The van der Waals surface area contributed by atoms with E-state index in [1.54, 1.807) is 6.08 Å². The van der Waals surface area contributed by atoms with Crippen molar-refractivity contribution in [1.29, 1.82) is 0 Å². The molecule has 0 atom stereocenters. The van der Waals surface area contributed by atoms with Crippen LogP contribution in [0, 0.1) is 5.41 Å². The molecule has 0 heterocycles. The molecule has 0 bridgehead atoms. The summed E-state index contributed by atoms with van der Waals surface area (Å²) in [5, 5.41) is 5.90. The zero-order chi connectivity index (χ0) is 21.5. The number of amides is 2. The van der Waals surface area contributed by atoms with Crippen LogP contribution in [-0.4, -0.2) is 37.1 Å². The van der Waals surface area contributed by atoms with Crippen molar-refractivity contribution < 1.29 is 14.3 Å². The van der Waals surface area contributed by atoms with Crippen LogP contribution in [0.2, 0.25) is 0 Å². The molecular weight excluding hydrogens is 352 g/mol. The van der Waals surface area contributed by atoms with Crippen LogP contribution >= 0.6 is 0 Å². The highest BCUT2D eigenvalue weighted by Crippen LogP contribution is 2.20. The summed E-state index contributed by atoms with van der Waals surface area (Å²) in [5.74, 6) is 0.117. The van der Waals surface area contributed by atoms with E-state index in [2.05, 4.69) is 31.4 Å². The number of carbonyl (C=O) groups is 2. The lowest BCUT2D eigenvalue weighted by atomic mass is 9.90. The standard InChI is InChI=1S/C23H44N2O3/c1-7-23(5,6)16-15-21(27)25-18-12-9-8-11-17-24-20(26)14-10-13-19-28-22(2,3)4/h15-16H,7-14,17-19H2,1-6H3,(H,24,26)(H,25,27)/b16-15+. The van der Waals surface area contributed by atoms with E-state index in [0.717, 1.165) is 51.5 Å². The van der Waals surface area contributed by atoms with Gasteiger partial charge in [0.1, 0.15) is 0 Å². The van der Waals surface area contributed by atoms with Crippen molar-refractivity contribution in [3.63, 3.8) is 0 Å². The van der Waals surface area contributed by atoms with Crippen LogP contribution in [0.4, 0.5) is 0 Å². The monoisotopic (exact) mass is 396 g/mol. The van der Waals surface area contributed by atoms with Crippen LogP contribution in [0.5, 0.6) is 0 Å².